The minimum absolute atomic E-state index is 0.548. The molecular weight excluding hydrogens is 334 g/mol. The van der Waals surface area contributed by atoms with Crippen LogP contribution in [0, 0.1) is 0 Å². The molecular formula is C16H26BrNOS. The molecule has 2 nitrogen and oxygen atoms in total. The van der Waals surface area contributed by atoms with E-state index in [0.29, 0.717) is 6.04 Å². The standard InChI is InChI=1S/C16H26BrNOS/c1-4-8-18-14(12-20-9-5-2)10-13-6-7-16(19-3)15(17)11-13/h6-7,11,14,18H,4-5,8-10,12H2,1-3H3. The zero-order valence-corrected chi connectivity index (χ0v) is 15.1. The van der Waals surface area contributed by atoms with Crippen molar-refractivity contribution in [2.24, 2.45) is 0 Å². The summed E-state index contributed by atoms with van der Waals surface area (Å²) >= 11 is 5.61. The van der Waals surface area contributed by atoms with Crippen LogP contribution in [0.1, 0.15) is 32.3 Å². The van der Waals surface area contributed by atoms with Crippen molar-refractivity contribution in [1.82, 2.24) is 5.32 Å². The van der Waals surface area contributed by atoms with Crippen LogP contribution in [0.5, 0.6) is 5.75 Å². The highest BCUT2D eigenvalue weighted by Gasteiger charge is 2.10. The molecule has 0 aromatic heterocycles. The Bertz CT molecular complexity index is 387. The molecule has 0 bridgehead atoms. The molecule has 20 heavy (non-hydrogen) atoms. The zero-order chi connectivity index (χ0) is 14.8. The van der Waals surface area contributed by atoms with Crippen LogP contribution in [0.15, 0.2) is 22.7 Å². The number of benzene rings is 1. The van der Waals surface area contributed by atoms with Gasteiger partial charge in [0.1, 0.15) is 5.75 Å². The van der Waals surface area contributed by atoms with E-state index in [9.17, 15) is 0 Å². The fourth-order valence-electron chi connectivity index (χ4n) is 2.03. The number of thioether (sulfide) groups is 1. The van der Waals surface area contributed by atoms with E-state index in [0.717, 1.165) is 23.2 Å². The van der Waals surface area contributed by atoms with Crippen LogP contribution < -0.4 is 10.1 Å². The van der Waals surface area contributed by atoms with Gasteiger partial charge in [0.2, 0.25) is 0 Å². The average Bonchev–Trinajstić information content (AvgIpc) is 2.45. The fourth-order valence-corrected chi connectivity index (χ4v) is 3.59. The summed E-state index contributed by atoms with van der Waals surface area (Å²) in [6, 6.07) is 6.92. The SMILES string of the molecule is CCCNC(CSCCC)Cc1ccc(OC)c(Br)c1. The summed E-state index contributed by atoms with van der Waals surface area (Å²) in [5.41, 5.74) is 1.35. The highest BCUT2D eigenvalue weighted by Crippen LogP contribution is 2.26. The molecule has 1 unspecified atom stereocenters. The van der Waals surface area contributed by atoms with E-state index in [4.69, 9.17) is 4.74 Å². The summed E-state index contributed by atoms with van der Waals surface area (Å²) in [6.45, 7) is 5.55. The molecule has 0 fully saturated rings. The van der Waals surface area contributed by atoms with Crippen LogP contribution in [-0.2, 0) is 6.42 Å². The number of methoxy groups -OCH3 is 1. The summed E-state index contributed by atoms with van der Waals surface area (Å²) < 4.78 is 6.32. The summed E-state index contributed by atoms with van der Waals surface area (Å²) in [4.78, 5) is 0. The topological polar surface area (TPSA) is 21.3 Å². The first-order chi connectivity index (χ1) is 9.71. The lowest BCUT2D eigenvalue weighted by Crippen LogP contribution is -2.34. The number of ether oxygens (including phenoxy) is 1. The van der Waals surface area contributed by atoms with Gasteiger partial charge in [-0.25, -0.2) is 0 Å². The second kappa shape index (κ2) is 10.5. The molecule has 1 aromatic rings. The summed E-state index contributed by atoms with van der Waals surface area (Å²) in [6.07, 6.45) is 3.50. The number of rotatable bonds is 10. The van der Waals surface area contributed by atoms with E-state index in [1.54, 1.807) is 7.11 Å². The zero-order valence-electron chi connectivity index (χ0n) is 12.7. The third kappa shape index (κ3) is 6.51. The number of hydrogen-bond acceptors (Lipinski definition) is 3. The average molecular weight is 360 g/mol. The van der Waals surface area contributed by atoms with Gasteiger partial charge in [-0.15, -0.1) is 0 Å². The quantitative estimate of drug-likeness (QED) is 0.620. The highest BCUT2D eigenvalue weighted by molar-refractivity contribution is 9.10. The van der Waals surface area contributed by atoms with Gasteiger partial charge in [0.15, 0.2) is 0 Å². The molecule has 0 radical (unpaired) electrons. The molecule has 0 amide bonds. The van der Waals surface area contributed by atoms with Crippen molar-refractivity contribution in [3.8, 4) is 5.75 Å². The Balaban J connectivity index is 2.60. The minimum Gasteiger partial charge on any atom is -0.496 e. The van der Waals surface area contributed by atoms with E-state index in [-0.39, 0.29) is 0 Å². The van der Waals surface area contributed by atoms with Crippen molar-refractivity contribution in [1.29, 1.82) is 0 Å². The first-order valence-corrected chi connectivity index (χ1v) is 9.29. The number of halogens is 1. The molecule has 0 aliphatic heterocycles. The Hall–Kier alpha value is -0.190. The summed E-state index contributed by atoms with van der Waals surface area (Å²) in [5, 5.41) is 3.66. The Morgan fingerprint density at radius 1 is 1.30 bits per heavy atom. The van der Waals surface area contributed by atoms with Gasteiger partial charge >= 0.3 is 0 Å². The van der Waals surface area contributed by atoms with Crippen LogP contribution in [0.25, 0.3) is 0 Å². The van der Waals surface area contributed by atoms with Gasteiger partial charge < -0.3 is 10.1 Å². The van der Waals surface area contributed by atoms with Gasteiger partial charge in [-0.3, -0.25) is 0 Å². The molecule has 0 saturated carbocycles. The van der Waals surface area contributed by atoms with Crippen molar-refractivity contribution < 1.29 is 4.74 Å². The molecule has 4 heteroatoms. The van der Waals surface area contributed by atoms with E-state index >= 15 is 0 Å². The summed E-state index contributed by atoms with van der Waals surface area (Å²) in [7, 11) is 1.70. The predicted molar refractivity (Wildman–Crippen MR) is 94.1 cm³/mol. The van der Waals surface area contributed by atoms with E-state index in [1.165, 1.54) is 29.9 Å². The largest absolute Gasteiger partial charge is 0.496 e. The smallest absolute Gasteiger partial charge is 0.133 e. The van der Waals surface area contributed by atoms with Crippen LogP contribution in [0.3, 0.4) is 0 Å². The third-order valence-corrected chi connectivity index (χ3v) is 5.00. The highest BCUT2D eigenvalue weighted by atomic mass is 79.9. The van der Waals surface area contributed by atoms with E-state index in [1.807, 2.05) is 17.8 Å². The van der Waals surface area contributed by atoms with Crippen LogP contribution in [0.4, 0.5) is 0 Å². The number of nitrogens with one attached hydrogen (secondary N) is 1. The van der Waals surface area contributed by atoms with Crippen molar-refractivity contribution in [2.45, 2.75) is 39.2 Å². The van der Waals surface area contributed by atoms with Crippen LogP contribution >= 0.6 is 27.7 Å². The Kier molecular flexibility index (Phi) is 9.40. The van der Waals surface area contributed by atoms with Crippen molar-refractivity contribution in [3.05, 3.63) is 28.2 Å². The molecule has 0 aliphatic carbocycles. The lowest BCUT2D eigenvalue weighted by molar-refractivity contribution is 0.412. The molecule has 0 heterocycles. The van der Waals surface area contributed by atoms with Crippen LogP contribution in [-0.4, -0.2) is 31.2 Å². The maximum Gasteiger partial charge on any atom is 0.133 e. The third-order valence-electron chi connectivity index (χ3n) is 3.05. The molecule has 0 aliphatic rings. The molecule has 0 saturated heterocycles. The second-order valence-corrected chi connectivity index (χ2v) is 6.90. The van der Waals surface area contributed by atoms with E-state index < -0.39 is 0 Å². The normalized spacial score (nSPS) is 12.4. The fraction of sp³-hybridized carbons (Fsp3) is 0.625. The summed E-state index contributed by atoms with van der Waals surface area (Å²) in [5.74, 6) is 3.32. The first kappa shape index (κ1) is 17.9. The molecule has 114 valence electrons. The molecule has 1 atom stereocenters. The maximum absolute atomic E-state index is 5.28. The minimum atomic E-state index is 0.548. The monoisotopic (exact) mass is 359 g/mol. The van der Waals surface area contributed by atoms with Gasteiger partial charge in [0, 0.05) is 11.8 Å². The van der Waals surface area contributed by atoms with Gasteiger partial charge in [-0.1, -0.05) is 19.9 Å². The first-order valence-electron chi connectivity index (χ1n) is 7.34. The molecule has 0 spiro atoms. The lowest BCUT2D eigenvalue weighted by Gasteiger charge is -2.18. The second-order valence-electron chi connectivity index (χ2n) is 4.90. The lowest BCUT2D eigenvalue weighted by atomic mass is 10.1. The Labute approximate surface area is 136 Å². The van der Waals surface area contributed by atoms with Crippen molar-refractivity contribution >= 4 is 27.7 Å². The number of hydrogen-bond donors (Lipinski definition) is 1. The Morgan fingerprint density at radius 2 is 2.10 bits per heavy atom. The van der Waals surface area contributed by atoms with E-state index in [2.05, 4.69) is 47.2 Å². The van der Waals surface area contributed by atoms with Gasteiger partial charge in [0.25, 0.3) is 0 Å². The van der Waals surface area contributed by atoms with Gasteiger partial charge in [0.05, 0.1) is 11.6 Å². The Morgan fingerprint density at radius 3 is 2.70 bits per heavy atom. The molecule has 1 N–H and O–H groups in total. The van der Waals surface area contributed by atoms with Crippen molar-refractivity contribution in [2.75, 3.05) is 25.2 Å². The van der Waals surface area contributed by atoms with Crippen LogP contribution in [0.2, 0.25) is 0 Å². The van der Waals surface area contributed by atoms with Gasteiger partial charge in [-0.05, 0) is 65.2 Å². The van der Waals surface area contributed by atoms with Gasteiger partial charge in [-0.2, -0.15) is 11.8 Å². The molecule has 1 aromatic carbocycles. The predicted octanol–water partition coefficient (Wildman–Crippen LogP) is 4.51. The maximum atomic E-state index is 5.28. The van der Waals surface area contributed by atoms with Crippen molar-refractivity contribution in [3.63, 3.8) is 0 Å². The molecule has 1 rings (SSSR count).